The average molecular weight is 431 g/mol. The first-order chi connectivity index (χ1) is 14.9. The first kappa shape index (κ1) is 22.7. The zero-order valence-corrected chi connectivity index (χ0v) is 18.2. The summed E-state index contributed by atoms with van der Waals surface area (Å²) in [6.07, 6.45) is 9.46. The molecule has 31 heavy (non-hydrogen) atoms. The number of nitrogens with two attached hydrogens (primary N) is 1. The van der Waals surface area contributed by atoms with Crippen molar-refractivity contribution >= 4 is 23.8 Å². The molecule has 0 saturated heterocycles. The molecule has 0 radical (unpaired) electrons. The molecule has 1 amide bonds. The minimum Gasteiger partial charge on any atom is -0.453 e. The normalized spacial score (nSPS) is 21.7. The fraction of sp³-hybridized carbons (Fsp3) is 0.591. The van der Waals surface area contributed by atoms with Crippen molar-refractivity contribution in [2.45, 2.75) is 75.9 Å². The third kappa shape index (κ3) is 5.59. The van der Waals surface area contributed by atoms with Crippen molar-refractivity contribution in [3.05, 3.63) is 34.4 Å². The highest BCUT2D eigenvalue weighted by atomic mass is 16.5. The van der Waals surface area contributed by atoms with E-state index in [2.05, 4.69) is 27.3 Å². The topological polar surface area (TPSA) is 134 Å². The zero-order valence-electron chi connectivity index (χ0n) is 18.2. The molecule has 9 nitrogen and oxygen atoms in total. The Labute approximate surface area is 182 Å². The standard InChI is InChI=1S/C22H34N6O3/c1-14(25-15-8-10-16(11-9-15)27-22(30)31-2)26-21-18(13-23)19(24)12-20(29)28(21)17-6-4-3-5-7-17/h12-13,15-17,23,25-26H,1,3-11,24H2,2H3,(H,27,30). The Hall–Kier alpha value is -2.97. The summed E-state index contributed by atoms with van der Waals surface area (Å²) in [6, 6.07) is 1.82. The van der Waals surface area contributed by atoms with Crippen LogP contribution in [-0.2, 0) is 4.74 Å². The molecule has 2 fully saturated rings. The van der Waals surface area contributed by atoms with Crippen LogP contribution in [0.5, 0.6) is 0 Å². The SMILES string of the molecule is C=C(Nc1c(C=N)c(N)cc(=O)n1C1CCCCC1)NC1CCC(NC(=O)OC)CC1. The van der Waals surface area contributed by atoms with Crippen molar-refractivity contribution < 1.29 is 9.53 Å². The largest absolute Gasteiger partial charge is 0.453 e. The lowest BCUT2D eigenvalue weighted by atomic mass is 9.91. The molecule has 0 aliphatic heterocycles. The molecule has 1 aromatic rings. The first-order valence-corrected chi connectivity index (χ1v) is 11.0. The van der Waals surface area contributed by atoms with Gasteiger partial charge in [0.05, 0.1) is 18.5 Å². The van der Waals surface area contributed by atoms with Crippen LogP contribution in [0.4, 0.5) is 16.3 Å². The van der Waals surface area contributed by atoms with Gasteiger partial charge in [-0.05, 0) is 38.5 Å². The van der Waals surface area contributed by atoms with Gasteiger partial charge in [0.2, 0.25) is 0 Å². The van der Waals surface area contributed by atoms with Crippen LogP contribution in [0.3, 0.4) is 0 Å². The van der Waals surface area contributed by atoms with E-state index in [9.17, 15) is 9.59 Å². The number of nitrogens with one attached hydrogen (secondary N) is 4. The van der Waals surface area contributed by atoms with Gasteiger partial charge in [0.25, 0.3) is 5.56 Å². The molecular weight excluding hydrogens is 396 g/mol. The summed E-state index contributed by atoms with van der Waals surface area (Å²) >= 11 is 0. The van der Waals surface area contributed by atoms with Crippen LogP contribution in [0.25, 0.3) is 0 Å². The van der Waals surface area contributed by atoms with E-state index in [1.165, 1.54) is 25.8 Å². The number of alkyl carbamates (subject to hydrolysis) is 1. The molecule has 1 aromatic heterocycles. The van der Waals surface area contributed by atoms with E-state index in [1.54, 1.807) is 4.57 Å². The lowest BCUT2D eigenvalue weighted by Crippen LogP contribution is -2.42. The first-order valence-electron chi connectivity index (χ1n) is 11.0. The fourth-order valence-electron chi connectivity index (χ4n) is 4.67. The quantitative estimate of drug-likeness (QED) is 0.422. The average Bonchev–Trinajstić information content (AvgIpc) is 2.75. The number of aromatic nitrogens is 1. The van der Waals surface area contributed by atoms with Gasteiger partial charge in [-0.15, -0.1) is 0 Å². The molecule has 9 heteroatoms. The molecular formula is C22H34N6O3. The molecule has 2 aliphatic carbocycles. The van der Waals surface area contributed by atoms with Gasteiger partial charge in [0, 0.05) is 36.1 Å². The summed E-state index contributed by atoms with van der Waals surface area (Å²) in [5.74, 6) is 1.10. The van der Waals surface area contributed by atoms with Gasteiger partial charge in [-0.2, -0.15) is 0 Å². The molecule has 0 bridgehead atoms. The van der Waals surface area contributed by atoms with Crippen LogP contribution in [0.15, 0.2) is 23.3 Å². The lowest BCUT2D eigenvalue weighted by Gasteiger charge is -2.32. The maximum absolute atomic E-state index is 12.8. The Balaban J connectivity index is 1.70. The predicted octanol–water partition coefficient (Wildman–Crippen LogP) is 3.07. The smallest absolute Gasteiger partial charge is 0.407 e. The van der Waals surface area contributed by atoms with E-state index in [4.69, 9.17) is 11.1 Å². The summed E-state index contributed by atoms with van der Waals surface area (Å²) in [6.45, 7) is 4.10. The van der Waals surface area contributed by atoms with Crippen LogP contribution >= 0.6 is 0 Å². The maximum Gasteiger partial charge on any atom is 0.407 e. The number of rotatable bonds is 7. The number of amides is 1. The summed E-state index contributed by atoms with van der Waals surface area (Å²) in [5.41, 5.74) is 6.69. The van der Waals surface area contributed by atoms with Crippen molar-refractivity contribution in [3.8, 4) is 0 Å². The van der Waals surface area contributed by atoms with E-state index in [-0.39, 0.29) is 29.4 Å². The van der Waals surface area contributed by atoms with Gasteiger partial charge in [-0.1, -0.05) is 25.8 Å². The molecule has 0 aromatic carbocycles. The number of ether oxygens (including phenoxy) is 1. The highest BCUT2D eigenvalue weighted by Crippen LogP contribution is 2.32. The van der Waals surface area contributed by atoms with Crippen LogP contribution in [0.2, 0.25) is 0 Å². The maximum atomic E-state index is 12.8. The van der Waals surface area contributed by atoms with Crippen LogP contribution in [-0.4, -0.2) is 36.1 Å². The van der Waals surface area contributed by atoms with Crippen molar-refractivity contribution in [1.82, 2.24) is 15.2 Å². The second-order valence-electron chi connectivity index (χ2n) is 8.44. The third-order valence-electron chi connectivity index (χ3n) is 6.29. The molecule has 2 saturated carbocycles. The Morgan fingerprint density at radius 3 is 2.35 bits per heavy atom. The molecule has 170 valence electrons. The number of pyridine rings is 1. The van der Waals surface area contributed by atoms with Crippen LogP contribution in [0.1, 0.15) is 69.4 Å². The second kappa shape index (κ2) is 10.4. The molecule has 3 rings (SSSR count). The number of carbonyl (C=O) groups excluding carboxylic acids is 1. The molecule has 1 heterocycles. The number of anilines is 2. The number of nitrogens with zero attached hydrogens (tertiary/aromatic N) is 1. The lowest BCUT2D eigenvalue weighted by molar-refractivity contribution is 0.162. The highest BCUT2D eigenvalue weighted by Gasteiger charge is 2.25. The van der Waals surface area contributed by atoms with Gasteiger partial charge in [-0.3, -0.25) is 9.36 Å². The Bertz CT molecular complexity index is 867. The van der Waals surface area contributed by atoms with Crippen LogP contribution in [0, 0.1) is 5.41 Å². The minimum atomic E-state index is -0.399. The van der Waals surface area contributed by atoms with Gasteiger partial charge in [-0.25, -0.2) is 4.79 Å². The molecule has 0 unspecified atom stereocenters. The number of carbonyl (C=O) groups is 1. The summed E-state index contributed by atoms with van der Waals surface area (Å²) < 4.78 is 6.42. The van der Waals surface area contributed by atoms with Gasteiger partial charge in [0.15, 0.2) is 0 Å². The predicted molar refractivity (Wildman–Crippen MR) is 123 cm³/mol. The van der Waals surface area contributed by atoms with E-state index in [0.717, 1.165) is 51.4 Å². The Morgan fingerprint density at radius 2 is 1.77 bits per heavy atom. The highest BCUT2D eigenvalue weighted by molar-refractivity contribution is 5.91. The molecule has 2 aliphatic rings. The third-order valence-corrected chi connectivity index (χ3v) is 6.29. The van der Waals surface area contributed by atoms with Gasteiger partial charge >= 0.3 is 6.09 Å². The Morgan fingerprint density at radius 1 is 1.16 bits per heavy atom. The van der Waals surface area contributed by atoms with Gasteiger partial charge < -0.3 is 31.8 Å². The molecule has 0 atom stereocenters. The van der Waals surface area contributed by atoms with E-state index in [1.807, 2.05) is 0 Å². The summed E-state index contributed by atoms with van der Waals surface area (Å²) in [7, 11) is 1.37. The fourth-order valence-corrected chi connectivity index (χ4v) is 4.67. The van der Waals surface area contributed by atoms with Gasteiger partial charge in [0.1, 0.15) is 5.82 Å². The summed E-state index contributed by atoms with van der Waals surface area (Å²) in [5, 5.41) is 17.3. The Kier molecular flexibility index (Phi) is 7.59. The summed E-state index contributed by atoms with van der Waals surface area (Å²) in [4.78, 5) is 24.2. The van der Waals surface area contributed by atoms with Crippen LogP contribution < -0.4 is 27.2 Å². The number of nitrogen functional groups attached to an aromatic ring is 1. The second-order valence-corrected chi connectivity index (χ2v) is 8.44. The van der Waals surface area contributed by atoms with Crippen molar-refractivity contribution in [2.75, 3.05) is 18.2 Å². The van der Waals surface area contributed by atoms with E-state index >= 15 is 0 Å². The van der Waals surface area contributed by atoms with Crippen molar-refractivity contribution in [2.24, 2.45) is 0 Å². The van der Waals surface area contributed by atoms with E-state index in [0.29, 0.717) is 17.2 Å². The molecule has 0 spiro atoms. The van der Waals surface area contributed by atoms with Crippen molar-refractivity contribution in [1.29, 1.82) is 5.41 Å². The zero-order chi connectivity index (χ0) is 22.4. The number of hydrogen-bond acceptors (Lipinski definition) is 7. The number of methoxy groups -OCH3 is 1. The number of hydrogen-bond donors (Lipinski definition) is 5. The van der Waals surface area contributed by atoms with Crippen molar-refractivity contribution in [3.63, 3.8) is 0 Å². The van der Waals surface area contributed by atoms with E-state index < -0.39 is 6.09 Å². The monoisotopic (exact) mass is 430 g/mol. The minimum absolute atomic E-state index is 0.0932. The molecule has 6 N–H and O–H groups in total.